The maximum Gasteiger partial charge on any atom is 0.202 e. The summed E-state index contributed by atoms with van der Waals surface area (Å²) in [5.41, 5.74) is -0.663. The van der Waals surface area contributed by atoms with Crippen molar-refractivity contribution in [2.45, 2.75) is 26.2 Å². The Bertz CT molecular complexity index is 1100. The number of phenolic OH excluding ortho intramolecular Hbond substituents is 2. The molecule has 0 saturated carbocycles. The smallest absolute Gasteiger partial charge is 0.202 e. The van der Waals surface area contributed by atoms with Crippen molar-refractivity contribution >= 4 is 17.3 Å². The Morgan fingerprint density at radius 1 is 1.07 bits per heavy atom. The number of aromatic hydroxyl groups is 2. The molecule has 1 unspecified atom stereocenters. The number of ketones is 3. The highest BCUT2D eigenvalue weighted by molar-refractivity contribution is 6.31. The average Bonchev–Trinajstić information content (AvgIpc) is 2.73. The maximum absolute atomic E-state index is 13.2. The number of methoxy groups -OCH3 is 1. The second-order valence-corrected chi connectivity index (χ2v) is 7.76. The number of phenols is 2. The zero-order valence-electron chi connectivity index (χ0n) is 16.0. The van der Waals surface area contributed by atoms with Crippen molar-refractivity contribution in [3.63, 3.8) is 0 Å². The summed E-state index contributed by atoms with van der Waals surface area (Å²) in [6, 6.07) is 4.59. The normalized spacial score (nSPS) is 20.0. The molecule has 29 heavy (non-hydrogen) atoms. The van der Waals surface area contributed by atoms with Gasteiger partial charge in [-0.3, -0.25) is 14.4 Å². The summed E-state index contributed by atoms with van der Waals surface area (Å²) in [5, 5.41) is 31.1. The van der Waals surface area contributed by atoms with E-state index in [1.807, 2.05) is 0 Å². The number of rotatable bonds is 3. The molecule has 150 valence electrons. The van der Waals surface area contributed by atoms with Crippen molar-refractivity contribution in [3.05, 3.63) is 51.6 Å². The topological polar surface area (TPSA) is 121 Å². The number of hydrogen-bond acceptors (Lipinski definition) is 7. The van der Waals surface area contributed by atoms with Gasteiger partial charge in [0.05, 0.1) is 23.8 Å². The lowest BCUT2D eigenvalue weighted by molar-refractivity contribution is -0.131. The van der Waals surface area contributed by atoms with Gasteiger partial charge in [-0.25, -0.2) is 0 Å². The van der Waals surface area contributed by atoms with E-state index >= 15 is 0 Å². The van der Waals surface area contributed by atoms with Crippen LogP contribution in [0.1, 0.15) is 56.3 Å². The van der Waals surface area contributed by atoms with Crippen molar-refractivity contribution in [2.24, 2.45) is 5.41 Å². The number of carbonyl (C=O) groups is 3. The first-order chi connectivity index (χ1) is 13.7. The Labute approximate surface area is 166 Å². The number of ether oxygens (including phenoxy) is 1. The predicted molar refractivity (Wildman–Crippen MR) is 102 cm³/mol. The van der Waals surface area contributed by atoms with Crippen LogP contribution in [-0.2, 0) is 17.6 Å². The summed E-state index contributed by atoms with van der Waals surface area (Å²) >= 11 is 0. The van der Waals surface area contributed by atoms with E-state index < -0.39 is 29.3 Å². The van der Waals surface area contributed by atoms with Crippen LogP contribution < -0.4 is 4.74 Å². The lowest BCUT2D eigenvalue weighted by Gasteiger charge is -2.35. The molecule has 3 N–H and O–H groups in total. The van der Waals surface area contributed by atoms with Gasteiger partial charge in [0.2, 0.25) is 5.78 Å². The summed E-state index contributed by atoms with van der Waals surface area (Å²) in [4.78, 5) is 38.5. The first kappa shape index (κ1) is 19.1. The lowest BCUT2D eigenvalue weighted by Crippen LogP contribution is -2.36. The molecule has 1 atom stereocenters. The van der Waals surface area contributed by atoms with E-state index in [0.717, 1.165) is 0 Å². The third kappa shape index (κ3) is 2.50. The first-order valence-electron chi connectivity index (χ1n) is 9.25. The molecule has 0 fully saturated rings. The molecule has 0 spiro atoms. The largest absolute Gasteiger partial charge is 0.507 e. The van der Waals surface area contributed by atoms with Crippen LogP contribution in [-0.4, -0.2) is 46.4 Å². The molecule has 7 nitrogen and oxygen atoms in total. The third-order valence-corrected chi connectivity index (χ3v) is 6.14. The van der Waals surface area contributed by atoms with Crippen LogP contribution >= 0.6 is 0 Å². The van der Waals surface area contributed by atoms with Crippen LogP contribution in [0.3, 0.4) is 0 Å². The Kier molecular flexibility index (Phi) is 4.24. The van der Waals surface area contributed by atoms with Gasteiger partial charge in [0.1, 0.15) is 23.9 Å². The van der Waals surface area contributed by atoms with E-state index in [-0.39, 0.29) is 57.9 Å². The van der Waals surface area contributed by atoms with Gasteiger partial charge in [0, 0.05) is 22.1 Å². The average molecular weight is 396 g/mol. The van der Waals surface area contributed by atoms with Crippen LogP contribution in [0.4, 0.5) is 0 Å². The minimum atomic E-state index is -0.928. The summed E-state index contributed by atoms with van der Waals surface area (Å²) in [5.74, 6) is -2.09. The van der Waals surface area contributed by atoms with Crippen molar-refractivity contribution < 1.29 is 34.4 Å². The number of aliphatic hydroxyl groups excluding tert-OH is 1. The van der Waals surface area contributed by atoms with Gasteiger partial charge in [0.25, 0.3) is 0 Å². The summed E-state index contributed by atoms with van der Waals surface area (Å²) in [7, 11) is 1.38. The molecule has 0 aliphatic heterocycles. The van der Waals surface area contributed by atoms with Crippen LogP contribution in [0, 0.1) is 5.41 Å². The van der Waals surface area contributed by atoms with Gasteiger partial charge in [0.15, 0.2) is 11.6 Å². The molecule has 0 radical (unpaired) electrons. The van der Waals surface area contributed by atoms with Crippen molar-refractivity contribution in [3.8, 4) is 17.2 Å². The molecule has 0 amide bonds. The van der Waals surface area contributed by atoms with Gasteiger partial charge < -0.3 is 20.1 Å². The second kappa shape index (κ2) is 6.42. The van der Waals surface area contributed by atoms with Crippen molar-refractivity contribution in [1.29, 1.82) is 0 Å². The summed E-state index contributed by atoms with van der Waals surface area (Å²) in [6.45, 7) is 1.05. The highest BCUT2D eigenvalue weighted by Crippen LogP contribution is 2.49. The first-order valence-corrected chi connectivity index (χ1v) is 9.25. The quantitative estimate of drug-likeness (QED) is 0.579. The van der Waals surface area contributed by atoms with E-state index in [0.29, 0.717) is 12.0 Å². The van der Waals surface area contributed by atoms with Gasteiger partial charge in [-0.05, 0) is 25.3 Å². The molecule has 0 saturated heterocycles. The van der Waals surface area contributed by atoms with Crippen LogP contribution in [0.5, 0.6) is 17.2 Å². The molecule has 2 aliphatic rings. The van der Waals surface area contributed by atoms with Crippen LogP contribution in [0.15, 0.2) is 18.2 Å². The third-order valence-electron chi connectivity index (χ3n) is 6.14. The zero-order valence-corrected chi connectivity index (χ0v) is 16.0. The van der Waals surface area contributed by atoms with E-state index in [4.69, 9.17) is 4.74 Å². The second-order valence-electron chi connectivity index (χ2n) is 7.76. The molecular weight excluding hydrogens is 376 g/mol. The van der Waals surface area contributed by atoms with E-state index in [1.165, 1.54) is 13.2 Å². The number of carbonyl (C=O) groups excluding carboxylic acids is 3. The van der Waals surface area contributed by atoms with Gasteiger partial charge in [-0.1, -0.05) is 19.1 Å². The molecule has 2 aromatic carbocycles. The van der Waals surface area contributed by atoms with Crippen LogP contribution in [0.25, 0.3) is 0 Å². The Hall–Kier alpha value is -3.19. The standard InChI is InChI=1S/C22H20O7/c1-22(14(24)9-23)7-6-10-12(8-22)20(27)16-17(18(10)25)21(28)15-11(19(16)26)4-3-5-13(15)29-2/h3-5,23,25,27H,6-9H2,1-2H3. The number of benzene rings is 2. The zero-order chi connectivity index (χ0) is 21.1. The minimum absolute atomic E-state index is 0.0539. The number of hydrogen-bond donors (Lipinski definition) is 3. The predicted octanol–water partition coefficient (Wildman–Crippen LogP) is 1.94. The van der Waals surface area contributed by atoms with Gasteiger partial charge in [-0.2, -0.15) is 0 Å². The molecule has 0 bridgehead atoms. The molecule has 2 aliphatic carbocycles. The summed E-state index contributed by atoms with van der Waals surface area (Å²) < 4.78 is 5.22. The Morgan fingerprint density at radius 2 is 1.72 bits per heavy atom. The van der Waals surface area contributed by atoms with Crippen LogP contribution in [0.2, 0.25) is 0 Å². The van der Waals surface area contributed by atoms with E-state index in [1.54, 1.807) is 19.1 Å². The number of fused-ring (bicyclic) bond motifs is 3. The molecular formula is C22H20O7. The fraction of sp³-hybridized carbons (Fsp3) is 0.318. The van der Waals surface area contributed by atoms with Gasteiger partial charge >= 0.3 is 0 Å². The maximum atomic E-state index is 13.2. The van der Waals surface area contributed by atoms with Gasteiger partial charge in [-0.15, -0.1) is 0 Å². The fourth-order valence-corrected chi connectivity index (χ4v) is 4.42. The molecule has 2 aromatic rings. The van der Waals surface area contributed by atoms with E-state index in [2.05, 4.69) is 0 Å². The summed E-state index contributed by atoms with van der Waals surface area (Å²) in [6.07, 6.45) is 0.624. The Balaban J connectivity index is 1.97. The van der Waals surface area contributed by atoms with Crippen molar-refractivity contribution in [2.75, 3.05) is 13.7 Å². The number of aliphatic hydroxyl groups is 1. The highest BCUT2D eigenvalue weighted by Gasteiger charge is 2.43. The number of Topliss-reactive ketones (excluding diaryl/α,β-unsaturated/α-hetero) is 1. The fourth-order valence-electron chi connectivity index (χ4n) is 4.42. The Morgan fingerprint density at radius 3 is 2.38 bits per heavy atom. The molecule has 0 heterocycles. The lowest BCUT2D eigenvalue weighted by atomic mass is 9.68. The molecule has 0 aromatic heterocycles. The van der Waals surface area contributed by atoms with E-state index in [9.17, 15) is 29.7 Å². The minimum Gasteiger partial charge on any atom is -0.507 e. The monoisotopic (exact) mass is 396 g/mol. The van der Waals surface area contributed by atoms with Crippen molar-refractivity contribution in [1.82, 2.24) is 0 Å². The molecule has 7 heteroatoms. The SMILES string of the molecule is COc1cccc2c1C(=O)c1c(O)c3c(c(O)c1C2=O)CC(C)(C(=O)CO)CC3. The molecule has 4 rings (SSSR count). The highest BCUT2D eigenvalue weighted by atomic mass is 16.5.